The van der Waals surface area contributed by atoms with E-state index in [1.54, 1.807) is 24.5 Å². The highest BCUT2D eigenvalue weighted by Crippen LogP contribution is 2.31. The molecule has 0 amide bonds. The molecule has 0 aliphatic carbocycles. The number of nitrogens with zero attached hydrogens (tertiary/aromatic N) is 2. The lowest BCUT2D eigenvalue weighted by Crippen LogP contribution is -1.98. The number of benzene rings is 1. The Balaban J connectivity index is 1.74. The quantitative estimate of drug-likeness (QED) is 0.291. The van der Waals surface area contributed by atoms with Crippen LogP contribution in [0.5, 0.6) is 5.88 Å². The van der Waals surface area contributed by atoms with Gasteiger partial charge in [0, 0.05) is 27.6 Å². The fourth-order valence-electron chi connectivity index (χ4n) is 2.05. The van der Waals surface area contributed by atoms with Crippen LogP contribution in [-0.2, 0) is 5.75 Å². The molecule has 0 bridgehead atoms. The van der Waals surface area contributed by atoms with E-state index in [1.807, 2.05) is 25.1 Å². The Kier molecular flexibility index (Phi) is 5.68. The Bertz CT molecular complexity index is 878. The van der Waals surface area contributed by atoms with Crippen molar-refractivity contribution in [1.29, 1.82) is 0 Å². The molecular formula is C18H14Cl2N2O2S. The Labute approximate surface area is 159 Å². The minimum absolute atomic E-state index is 0.383. The van der Waals surface area contributed by atoms with E-state index in [-0.39, 0.29) is 0 Å². The fourth-order valence-corrected chi connectivity index (χ4v) is 3.69. The van der Waals surface area contributed by atoms with E-state index in [1.165, 1.54) is 11.8 Å². The lowest BCUT2D eigenvalue weighted by Gasteiger charge is -2.09. The van der Waals surface area contributed by atoms with Gasteiger partial charge in [-0.3, -0.25) is 0 Å². The van der Waals surface area contributed by atoms with Crippen LogP contribution in [0.2, 0.25) is 10.0 Å². The highest BCUT2D eigenvalue weighted by molar-refractivity contribution is 7.98. The molecule has 0 aliphatic rings. The fraction of sp³-hybridized carbons (Fsp3) is 0.111. The Morgan fingerprint density at radius 2 is 1.96 bits per heavy atom. The number of rotatable bonds is 6. The minimum atomic E-state index is 0.383. The van der Waals surface area contributed by atoms with Crippen LogP contribution >= 0.6 is 35.0 Å². The van der Waals surface area contributed by atoms with Crippen molar-refractivity contribution in [1.82, 2.24) is 9.97 Å². The molecule has 3 rings (SSSR count). The van der Waals surface area contributed by atoms with Gasteiger partial charge in [0.1, 0.15) is 0 Å². The first kappa shape index (κ1) is 17.9. The zero-order valence-electron chi connectivity index (χ0n) is 13.3. The summed E-state index contributed by atoms with van der Waals surface area (Å²) in [5.74, 6) is 1.89. The van der Waals surface area contributed by atoms with Crippen molar-refractivity contribution < 1.29 is 9.15 Å². The van der Waals surface area contributed by atoms with E-state index in [0.717, 1.165) is 11.3 Å². The average Bonchev–Trinajstić information content (AvgIpc) is 3.08. The van der Waals surface area contributed by atoms with Gasteiger partial charge in [-0.1, -0.05) is 47.6 Å². The number of ether oxygens (including phenoxy) is 1. The SMILES string of the molecule is C=C(Oc1cc(C)nc(SCc2c(Cl)cccc2Cl)n1)c1ccco1. The van der Waals surface area contributed by atoms with Crippen molar-refractivity contribution in [3.63, 3.8) is 0 Å². The van der Waals surface area contributed by atoms with Crippen LogP contribution in [0.4, 0.5) is 0 Å². The Morgan fingerprint density at radius 3 is 2.64 bits per heavy atom. The van der Waals surface area contributed by atoms with Gasteiger partial charge in [0.15, 0.2) is 16.7 Å². The topological polar surface area (TPSA) is 48.2 Å². The van der Waals surface area contributed by atoms with Crippen molar-refractivity contribution in [3.05, 3.63) is 76.3 Å². The molecule has 2 heterocycles. The summed E-state index contributed by atoms with van der Waals surface area (Å²) in [5, 5.41) is 1.81. The molecule has 4 nitrogen and oxygen atoms in total. The van der Waals surface area contributed by atoms with E-state index in [9.17, 15) is 0 Å². The second-order valence-electron chi connectivity index (χ2n) is 5.12. The van der Waals surface area contributed by atoms with E-state index in [0.29, 0.717) is 38.4 Å². The summed E-state index contributed by atoms with van der Waals surface area (Å²) in [5.41, 5.74) is 1.63. The molecule has 0 saturated heterocycles. The molecule has 3 aromatic rings. The van der Waals surface area contributed by atoms with Crippen LogP contribution in [0.1, 0.15) is 17.0 Å². The van der Waals surface area contributed by atoms with Crippen molar-refractivity contribution in [2.75, 3.05) is 0 Å². The van der Waals surface area contributed by atoms with Gasteiger partial charge in [-0.05, 0) is 36.8 Å². The second-order valence-corrected chi connectivity index (χ2v) is 6.88. The summed E-state index contributed by atoms with van der Waals surface area (Å²) in [6.45, 7) is 5.72. The number of thioether (sulfide) groups is 1. The van der Waals surface area contributed by atoms with Gasteiger partial charge >= 0.3 is 0 Å². The Morgan fingerprint density at radius 1 is 1.20 bits per heavy atom. The summed E-state index contributed by atoms with van der Waals surface area (Å²) in [4.78, 5) is 8.81. The molecule has 25 heavy (non-hydrogen) atoms. The maximum absolute atomic E-state index is 6.20. The van der Waals surface area contributed by atoms with E-state index in [4.69, 9.17) is 32.4 Å². The molecule has 0 unspecified atom stereocenters. The highest BCUT2D eigenvalue weighted by atomic mass is 35.5. The van der Waals surface area contributed by atoms with E-state index < -0.39 is 0 Å². The maximum Gasteiger partial charge on any atom is 0.223 e. The lowest BCUT2D eigenvalue weighted by molar-refractivity contribution is 0.448. The van der Waals surface area contributed by atoms with Gasteiger partial charge < -0.3 is 9.15 Å². The molecule has 1 aromatic carbocycles. The first-order valence-corrected chi connectivity index (χ1v) is 9.09. The number of hydrogen-bond donors (Lipinski definition) is 0. The standard InChI is InChI=1S/C18H14Cl2N2O2S/c1-11-9-17(24-12(2)16-7-4-8-23-16)22-18(21-11)25-10-13-14(19)5-3-6-15(13)20/h3-9H,2,10H2,1H3. The Hall–Kier alpha value is -1.95. The van der Waals surface area contributed by atoms with Crippen molar-refractivity contribution in [3.8, 4) is 5.88 Å². The van der Waals surface area contributed by atoms with Crippen LogP contribution in [-0.4, -0.2) is 9.97 Å². The summed E-state index contributed by atoms with van der Waals surface area (Å²) in [6, 6.07) is 10.7. The lowest BCUT2D eigenvalue weighted by atomic mass is 10.2. The van der Waals surface area contributed by atoms with Gasteiger partial charge in [0.05, 0.1) is 6.26 Å². The molecule has 0 spiro atoms. The van der Waals surface area contributed by atoms with Gasteiger partial charge in [-0.25, -0.2) is 4.98 Å². The predicted octanol–water partition coefficient (Wildman–Crippen LogP) is 6.03. The highest BCUT2D eigenvalue weighted by Gasteiger charge is 2.11. The summed E-state index contributed by atoms with van der Waals surface area (Å²) in [6.07, 6.45) is 1.56. The van der Waals surface area contributed by atoms with Crippen LogP contribution in [0.3, 0.4) is 0 Å². The molecule has 7 heteroatoms. The normalized spacial score (nSPS) is 10.7. The third-order valence-corrected chi connectivity index (χ3v) is 4.82. The minimum Gasteiger partial charge on any atom is -0.461 e. The van der Waals surface area contributed by atoms with Crippen LogP contribution in [0.15, 0.2) is 58.8 Å². The van der Waals surface area contributed by atoms with Crippen LogP contribution < -0.4 is 4.74 Å². The molecular weight excluding hydrogens is 379 g/mol. The molecule has 0 fully saturated rings. The first-order valence-electron chi connectivity index (χ1n) is 7.35. The monoisotopic (exact) mass is 392 g/mol. The van der Waals surface area contributed by atoms with E-state index in [2.05, 4.69) is 16.5 Å². The largest absolute Gasteiger partial charge is 0.461 e. The summed E-state index contributed by atoms with van der Waals surface area (Å²) >= 11 is 13.8. The third-order valence-electron chi connectivity index (χ3n) is 3.24. The van der Waals surface area contributed by atoms with Crippen molar-refractivity contribution in [2.45, 2.75) is 17.8 Å². The van der Waals surface area contributed by atoms with Gasteiger partial charge in [0.2, 0.25) is 5.88 Å². The molecule has 0 atom stereocenters. The molecule has 0 saturated carbocycles. The van der Waals surface area contributed by atoms with Crippen molar-refractivity contribution in [2.24, 2.45) is 0 Å². The smallest absolute Gasteiger partial charge is 0.223 e. The molecule has 0 aliphatic heterocycles. The molecule has 128 valence electrons. The number of aryl methyl sites for hydroxylation is 1. The number of hydrogen-bond acceptors (Lipinski definition) is 5. The zero-order chi connectivity index (χ0) is 17.8. The van der Waals surface area contributed by atoms with Gasteiger partial charge in [-0.15, -0.1) is 0 Å². The summed E-state index contributed by atoms with van der Waals surface area (Å²) < 4.78 is 10.9. The van der Waals surface area contributed by atoms with Crippen molar-refractivity contribution >= 4 is 40.7 Å². The maximum atomic E-state index is 6.20. The second kappa shape index (κ2) is 7.95. The zero-order valence-corrected chi connectivity index (χ0v) is 15.7. The number of furan rings is 1. The number of aromatic nitrogens is 2. The predicted molar refractivity (Wildman–Crippen MR) is 101 cm³/mol. The third kappa shape index (κ3) is 4.57. The van der Waals surface area contributed by atoms with Gasteiger partial charge in [0.25, 0.3) is 0 Å². The average molecular weight is 393 g/mol. The van der Waals surface area contributed by atoms with E-state index >= 15 is 0 Å². The molecule has 2 aromatic heterocycles. The summed E-state index contributed by atoms with van der Waals surface area (Å²) in [7, 11) is 0. The van der Waals surface area contributed by atoms with Crippen LogP contribution in [0, 0.1) is 6.92 Å². The van der Waals surface area contributed by atoms with Crippen LogP contribution in [0.25, 0.3) is 5.76 Å². The first-order chi connectivity index (χ1) is 12.0. The molecule has 0 N–H and O–H groups in total. The molecule has 0 radical (unpaired) electrons. The number of halogens is 2. The van der Waals surface area contributed by atoms with Gasteiger partial charge in [-0.2, -0.15) is 4.98 Å².